The zero-order valence-electron chi connectivity index (χ0n) is 13.1. The summed E-state index contributed by atoms with van der Waals surface area (Å²) in [5.74, 6) is 0.800. The quantitative estimate of drug-likeness (QED) is 0.680. The zero-order chi connectivity index (χ0) is 16.2. The van der Waals surface area contributed by atoms with E-state index in [4.69, 9.17) is 4.74 Å². The lowest BCUT2D eigenvalue weighted by Crippen LogP contribution is -2.04. The van der Waals surface area contributed by atoms with Crippen molar-refractivity contribution in [3.8, 4) is 11.4 Å². The zero-order valence-corrected chi connectivity index (χ0v) is 13.1. The van der Waals surface area contributed by atoms with Crippen LogP contribution in [0.4, 0.5) is 0 Å². The molecule has 0 saturated heterocycles. The van der Waals surface area contributed by atoms with Crippen molar-refractivity contribution in [3.05, 3.63) is 71.0 Å². The van der Waals surface area contributed by atoms with Crippen LogP contribution in [0.1, 0.15) is 27.3 Å². The molecule has 0 aliphatic heterocycles. The summed E-state index contributed by atoms with van der Waals surface area (Å²) in [7, 11) is 1.63. The van der Waals surface area contributed by atoms with Crippen LogP contribution in [-0.4, -0.2) is 28.4 Å². The third-order valence-electron chi connectivity index (χ3n) is 3.71. The van der Waals surface area contributed by atoms with Crippen LogP contribution >= 0.6 is 0 Å². The number of hydrogen-bond acceptors (Lipinski definition) is 4. The predicted molar refractivity (Wildman–Crippen MR) is 87.3 cm³/mol. The molecule has 2 aromatic carbocycles. The predicted octanol–water partition coefficient (Wildman–Crippen LogP) is 2.99. The van der Waals surface area contributed by atoms with Crippen molar-refractivity contribution in [3.63, 3.8) is 0 Å². The summed E-state index contributed by atoms with van der Waals surface area (Å²) >= 11 is 0. The molecule has 0 bridgehead atoms. The van der Waals surface area contributed by atoms with Gasteiger partial charge in [-0.1, -0.05) is 35.0 Å². The average molecular weight is 307 g/mol. The minimum Gasteiger partial charge on any atom is -0.497 e. The molecule has 5 heteroatoms. The Bertz CT molecular complexity index is 805. The van der Waals surface area contributed by atoms with Crippen LogP contribution in [0.2, 0.25) is 0 Å². The number of rotatable bonds is 5. The number of aryl methyl sites for hydroxylation is 1. The maximum Gasteiger partial charge on any atom is 0.172 e. The van der Waals surface area contributed by atoms with Crippen LogP contribution in [0, 0.1) is 6.92 Å². The van der Waals surface area contributed by atoms with Crippen LogP contribution in [0.3, 0.4) is 0 Å². The molecule has 0 aliphatic carbocycles. The van der Waals surface area contributed by atoms with Crippen LogP contribution in [0.5, 0.6) is 5.75 Å². The molecule has 3 rings (SSSR count). The number of aromatic nitrogens is 3. The molecule has 0 radical (unpaired) electrons. The minimum absolute atomic E-state index is 0.362. The van der Waals surface area contributed by atoms with Crippen molar-refractivity contribution in [1.82, 2.24) is 15.0 Å². The lowest BCUT2D eigenvalue weighted by Gasteiger charge is -2.08. The highest BCUT2D eigenvalue weighted by molar-refractivity contribution is 5.73. The molecule has 0 spiro atoms. The second-order valence-electron chi connectivity index (χ2n) is 5.31. The van der Waals surface area contributed by atoms with Gasteiger partial charge in [0.15, 0.2) is 6.29 Å². The van der Waals surface area contributed by atoms with Gasteiger partial charge >= 0.3 is 0 Å². The van der Waals surface area contributed by atoms with Gasteiger partial charge in [0.1, 0.15) is 11.4 Å². The number of ether oxygens (including phenoxy) is 1. The van der Waals surface area contributed by atoms with E-state index in [1.54, 1.807) is 11.8 Å². The number of nitrogens with zero attached hydrogens (tertiary/aromatic N) is 3. The highest BCUT2D eigenvalue weighted by Crippen LogP contribution is 2.19. The van der Waals surface area contributed by atoms with E-state index in [9.17, 15) is 4.79 Å². The van der Waals surface area contributed by atoms with Gasteiger partial charge in [-0.2, -0.15) is 0 Å². The van der Waals surface area contributed by atoms with E-state index < -0.39 is 0 Å². The van der Waals surface area contributed by atoms with E-state index in [1.165, 1.54) is 5.56 Å². The molecule has 0 aliphatic rings. The van der Waals surface area contributed by atoms with Crippen LogP contribution < -0.4 is 4.74 Å². The number of aldehydes is 1. The Kier molecular flexibility index (Phi) is 4.19. The standard InChI is InChI=1S/C18H17N3O2/c1-13-3-7-15(8-4-13)21-18(17(12-22)19-20-21)11-14-5-9-16(23-2)10-6-14/h3-10,12H,11H2,1-2H3. The van der Waals surface area contributed by atoms with Crippen molar-refractivity contribution < 1.29 is 9.53 Å². The highest BCUT2D eigenvalue weighted by Gasteiger charge is 2.14. The average Bonchev–Trinajstić information content (AvgIpc) is 2.99. The maximum absolute atomic E-state index is 11.3. The normalized spacial score (nSPS) is 10.5. The van der Waals surface area contributed by atoms with Crippen molar-refractivity contribution in [2.75, 3.05) is 7.11 Å². The summed E-state index contributed by atoms with van der Waals surface area (Å²) in [6.07, 6.45) is 1.31. The molecule has 0 atom stereocenters. The maximum atomic E-state index is 11.3. The summed E-state index contributed by atoms with van der Waals surface area (Å²) in [6, 6.07) is 15.7. The fourth-order valence-electron chi connectivity index (χ4n) is 2.40. The summed E-state index contributed by atoms with van der Waals surface area (Å²) in [5.41, 5.74) is 4.25. The van der Waals surface area contributed by atoms with E-state index in [0.717, 1.165) is 29.0 Å². The molecule has 1 heterocycles. The van der Waals surface area contributed by atoms with E-state index in [1.807, 2.05) is 55.5 Å². The van der Waals surface area contributed by atoms with Gasteiger partial charge in [-0.05, 0) is 36.8 Å². The lowest BCUT2D eigenvalue weighted by molar-refractivity contribution is 0.111. The Hall–Kier alpha value is -2.95. The second kappa shape index (κ2) is 6.44. The fourth-order valence-corrected chi connectivity index (χ4v) is 2.40. The molecule has 0 N–H and O–H groups in total. The number of hydrogen-bond donors (Lipinski definition) is 0. The molecular formula is C18H17N3O2. The fraction of sp³-hybridized carbons (Fsp3) is 0.167. The Morgan fingerprint density at radius 2 is 1.78 bits per heavy atom. The van der Waals surface area contributed by atoms with Gasteiger partial charge in [0.2, 0.25) is 0 Å². The summed E-state index contributed by atoms with van der Waals surface area (Å²) in [5, 5.41) is 8.11. The van der Waals surface area contributed by atoms with Gasteiger partial charge in [-0.25, -0.2) is 4.68 Å². The molecule has 23 heavy (non-hydrogen) atoms. The third kappa shape index (κ3) is 3.13. The second-order valence-corrected chi connectivity index (χ2v) is 5.31. The van der Waals surface area contributed by atoms with E-state index in [2.05, 4.69) is 10.3 Å². The Morgan fingerprint density at radius 1 is 1.09 bits per heavy atom. The van der Waals surface area contributed by atoms with Gasteiger partial charge in [0.25, 0.3) is 0 Å². The van der Waals surface area contributed by atoms with E-state index >= 15 is 0 Å². The number of carbonyl (C=O) groups excluding carboxylic acids is 1. The molecule has 3 aromatic rings. The van der Waals surface area contributed by atoms with Crippen LogP contribution in [0.15, 0.2) is 48.5 Å². The number of carbonyl (C=O) groups is 1. The minimum atomic E-state index is 0.362. The molecule has 0 amide bonds. The first kappa shape index (κ1) is 15.0. The summed E-state index contributed by atoms with van der Waals surface area (Å²) < 4.78 is 6.88. The first-order chi connectivity index (χ1) is 11.2. The monoisotopic (exact) mass is 307 g/mol. The van der Waals surface area contributed by atoms with E-state index in [-0.39, 0.29) is 0 Å². The smallest absolute Gasteiger partial charge is 0.172 e. The van der Waals surface area contributed by atoms with Gasteiger partial charge < -0.3 is 4.74 Å². The summed E-state index contributed by atoms with van der Waals surface area (Å²) in [4.78, 5) is 11.3. The molecule has 1 aromatic heterocycles. The summed E-state index contributed by atoms with van der Waals surface area (Å²) in [6.45, 7) is 2.03. The molecule has 0 saturated carbocycles. The molecule has 5 nitrogen and oxygen atoms in total. The van der Waals surface area contributed by atoms with Gasteiger partial charge in [-0.3, -0.25) is 4.79 Å². The Labute approximate surface area is 134 Å². The largest absolute Gasteiger partial charge is 0.497 e. The van der Waals surface area contributed by atoms with E-state index in [0.29, 0.717) is 12.1 Å². The molecular weight excluding hydrogens is 290 g/mol. The Balaban J connectivity index is 1.98. The number of methoxy groups -OCH3 is 1. The van der Waals surface area contributed by atoms with Gasteiger partial charge in [0, 0.05) is 6.42 Å². The molecule has 116 valence electrons. The SMILES string of the molecule is COc1ccc(Cc2c(C=O)nnn2-c2ccc(C)cc2)cc1. The van der Waals surface area contributed by atoms with Crippen molar-refractivity contribution in [2.45, 2.75) is 13.3 Å². The first-order valence-electron chi connectivity index (χ1n) is 7.31. The van der Waals surface area contributed by atoms with Crippen molar-refractivity contribution in [1.29, 1.82) is 0 Å². The molecule has 0 fully saturated rings. The van der Waals surface area contributed by atoms with Crippen molar-refractivity contribution in [2.24, 2.45) is 0 Å². The van der Waals surface area contributed by atoms with Crippen molar-refractivity contribution >= 4 is 6.29 Å². The van der Waals surface area contributed by atoms with Crippen LogP contribution in [-0.2, 0) is 6.42 Å². The lowest BCUT2D eigenvalue weighted by atomic mass is 10.1. The number of benzene rings is 2. The van der Waals surface area contributed by atoms with Crippen LogP contribution in [0.25, 0.3) is 5.69 Å². The van der Waals surface area contributed by atoms with Gasteiger partial charge in [-0.15, -0.1) is 5.10 Å². The first-order valence-corrected chi connectivity index (χ1v) is 7.31. The highest BCUT2D eigenvalue weighted by atomic mass is 16.5. The third-order valence-corrected chi connectivity index (χ3v) is 3.71. The molecule has 0 unspecified atom stereocenters. The Morgan fingerprint density at radius 3 is 2.39 bits per heavy atom. The topological polar surface area (TPSA) is 57.0 Å². The van der Waals surface area contributed by atoms with Gasteiger partial charge in [0.05, 0.1) is 18.5 Å².